The van der Waals surface area contributed by atoms with E-state index in [0.29, 0.717) is 17.4 Å². The van der Waals surface area contributed by atoms with Gasteiger partial charge in [0.1, 0.15) is 5.52 Å². The first kappa shape index (κ1) is 16.6. The minimum absolute atomic E-state index is 0.128. The number of aromatic nitrogens is 4. The van der Waals surface area contributed by atoms with Gasteiger partial charge in [-0.05, 0) is 24.3 Å². The van der Waals surface area contributed by atoms with Crippen LogP contribution in [0, 0.1) is 0 Å². The molecule has 0 radical (unpaired) electrons. The van der Waals surface area contributed by atoms with Gasteiger partial charge in [0.05, 0.1) is 11.9 Å². The van der Waals surface area contributed by atoms with Crippen molar-refractivity contribution in [1.29, 1.82) is 0 Å². The van der Waals surface area contributed by atoms with Crippen molar-refractivity contribution in [2.24, 2.45) is 0 Å². The first-order chi connectivity index (χ1) is 12.7. The number of hydrogen-bond donors (Lipinski definition) is 0. The fourth-order valence-corrected chi connectivity index (χ4v) is 3.30. The van der Waals surface area contributed by atoms with Crippen molar-refractivity contribution < 1.29 is 4.57 Å². The Balaban J connectivity index is 1.63. The number of benzene rings is 2. The summed E-state index contributed by atoms with van der Waals surface area (Å²) in [6.45, 7) is 1.13. The predicted molar refractivity (Wildman–Crippen MR) is 103 cm³/mol. The van der Waals surface area contributed by atoms with Gasteiger partial charge in [-0.25, -0.2) is 9.25 Å². The Morgan fingerprint density at radius 1 is 1.00 bits per heavy atom. The zero-order chi connectivity index (χ0) is 17.9. The van der Waals surface area contributed by atoms with Gasteiger partial charge in [0.25, 0.3) is 5.56 Å². The largest absolute Gasteiger partial charge is 0.277 e. The molecular formula is C20H16BrN4O+. The number of hydrogen-bond acceptors (Lipinski definition) is 3. The fraction of sp³-hybridized carbons (Fsp3) is 0.100. The van der Waals surface area contributed by atoms with E-state index < -0.39 is 0 Å². The summed E-state index contributed by atoms with van der Waals surface area (Å²) in [4.78, 5) is 12.6. The maximum atomic E-state index is 12.6. The van der Waals surface area contributed by atoms with Crippen molar-refractivity contribution in [2.75, 3.05) is 0 Å². The van der Waals surface area contributed by atoms with Crippen molar-refractivity contribution >= 4 is 26.8 Å². The Kier molecular flexibility index (Phi) is 4.58. The molecule has 0 bridgehead atoms. The molecule has 6 heteroatoms. The molecule has 128 valence electrons. The lowest BCUT2D eigenvalue weighted by atomic mass is 10.2. The molecule has 0 aliphatic carbocycles. The normalized spacial score (nSPS) is 11.0. The van der Waals surface area contributed by atoms with Crippen LogP contribution in [0.3, 0.4) is 0 Å². The summed E-state index contributed by atoms with van der Waals surface area (Å²) in [6.07, 6.45) is 4.04. The van der Waals surface area contributed by atoms with Crippen molar-refractivity contribution in [3.8, 4) is 0 Å². The predicted octanol–water partition coefficient (Wildman–Crippen LogP) is 2.94. The van der Waals surface area contributed by atoms with E-state index in [1.807, 2.05) is 54.9 Å². The van der Waals surface area contributed by atoms with Crippen molar-refractivity contribution in [1.82, 2.24) is 15.0 Å². The second-order valence-electron chi connectivity index (χ2n) is 6.05. The van der Waals surface area contributed by atoms with Crippen LogP contribution in [0.4, 0.5) is 0 Å². The zero-order valence-electron chi connectivity index (χ0n) is 13.9. The van der Waals surface area contributed by atoms with E-state index in [0.717, 1.165) is 16.6 Å². The van der Waals surface area contributed by atoms with Crippen LogP contribution in [0.15, 0.2) is 82.3 Å². The molecule has 2 aromatic carbocycles. The number of pyridine rings is 1. The molecule has 0 amide bonds. The molecular weight excluding hydrogens is 392 g/mol. The lowest BCUT2D eigenvalue weighted by Crippen LogP contribution is -2.34. The third-order valence-electron chi connectivity index (χ3n) is 4.19. The maximum absolute atomic E-state index is 12.6. The third-order valence-corrected chi connectivity index (χ3v) is 4.97. The highest BCUT2D eigenvalue weighted by molar-refractivity contribution is 9.10. The van der Waals surface area contributed by atoms with E-state index in [2.05, 4.69) is 36.9 Å². The van der Waals surface area contributed by atoms with E-state index >= 15 is 0 Å². The topological polar surface area (TPSA) is 51.7 Å². The van der Waals surface area contributed by atoms with Gasteiger partial charge >= 0.3 is 0 Å². The van der Waals surface area contributed by atoms with Gasteiger partial charge in [-0.15, -0.1) is 5.10 Å². The Morgan fingerprint density at radius 2 is 1.81 bits per heavy atom. The molecule has 5 nitrogen and oxygen atoms in total. The standard InChI is InChI=1S/C20H16BrN4O/c21-18-9-3-1-7-16(18)14-24-11-5-6-15(12-24)13-25-20(26)17-8-2-4-10-19(17)22-23-25/h1-12H,13-14H2/q+1. The van der Waals surface area contributed by atoms with Crippen LogP contribution in [-0.4, -0.2) is 15.0 Å². The third kappa shape index (κ3) is 3.41. The molecule has 0 saturated heterocycles. The van der Waals surface area contributed by atoms with Crippen molar-refractivity contribution in [3.05, 3.63) is 99.0 Å². The van der Waals surface area contributed by atoms with E-state index in [4.69, 9.17) is 0 Å². The molecule has 0 fully saturated rings. The SMILES string of the molecule is O=c1c2ccccc2nnn1Cc1ccc[n+](Cc2ccccc2Br)c1. The molecule has 4 aromatic rings. The fourth-order valence-electron chi connectivity index (χ4n) is 2.89. The van der Waals surface area contributed by atoms with Gasteiger partial charge in [-0.2, -0.15) is 0 Å². The summed E-state index contributed by atoms with van der Waals surface area (Å²) in [5.74, 6) is 0. The molecule has 2 heterocycles. The van der Waals surface area contributed by atoms with E-state index in [1.54, 1.807) is 12.1 Å². The van der Waals surface area contributed by atoms with Crippen LogP contribution >= 0.6 is 15.9 Å². The monoisotopic (exact) mass is 407 g/mol. The van der Waals surface area contributed by atoms with Crippen molar-refractivity contribution in [2.45, 2.75) is 13.1 Å². The van der Waals surface area contributed by atoms with Gasteiger partial charge < -0.3 is 0 Å². The average Bonchev–Trinajstić information content (AvgIpc) is 2.67. The lowest BCUT2D eigenvalue weighted by Gasteiger charge is -2.05. The van der Waals surface area contributed by atoms with Crippen LogP contribution in [0.2, 0.25) is 0 Å². The molecule has 0 unspecified atom stereocenters. The van der Waals surface area contributed by atoms with Gasteiger partial charge in [-0.3, -0.25) is 4.79 Å². The summed E-state index contributed by atoms with van der Waals surface area (Å²) in [6, 6.07) is 19.4. The summed E-state index contributed by atoms with van der Waals surface area (Å²) in [5.41, 5.74) is 2.67. The van der Waals surface area contributed by atoms with Crippen LogP contribution in [-0.2, 0) is 13.1 Å². The van der Waals surface area contributed by atoms with Crippen LogP contribution < -0.4 is 10.1 Å². The molecule has 0 spiro atoms. The Labute approximate surface area is 158 Å². The molecule has 0 atom stereocenters. The minimum Gasteiger partial charge on any atom is -0.267 e. The highest BCUT2D eigenvalue weighted by Gasteiger charge is 2.10. The molecule has 0 saturated carbocycles. The van der Waals surface area contributed by atoms with Gasteiger partial charge in [0, 0.05) is 21.7 Å². The van der Waals surface area contributed by atoms with E-state index in [1.165, 1.54) is 10.2 Å². The second kappa shape index (κ2) is 7.17. The molecule has 0 N–H and O–H groups in total. The summed E-state index contributed by atoms with van der Waals surface area (Å²) >= 11 is 3.58. The van der Waals surface area contributed by atoms with Gasteiger partial charge in [0.2, 0.25) is 0 Å². The van der Waals surface area contributed by atoms with E-state index in [9.17, 15) is 4.79 Å². The molecule has 2 aromatic heterocycles. The first-order valence-electron chi connectivity index (χ1n) is 8.24. The number of fused-ring (bicyclic) bond motifs is 1. The first-order valence-corrected chi connectivity index (χ1v) is 9.04. The Hall–Kier alpha value is -2.86. The zero-order valence-corrected chi connectivity index (χ0v) is 15.5. The van der Waals surface area contributed by atoms with E-state index in [-0.39, 0.29) is 5.56 Å². The molecule has 26 heavy (non-hydrogen) atoms. The number of rotatable bonds is 4. The van der Waals surface area contributed by atoms with Gasteiger partial charge in [0.15, 0.2) is 18.9 Å². The average molecular weight is 408 g/mol. The minimum atomic E-state index is -0.128. The lowest BCUT2D eigenvalue weighted by molar-refractivity contribution is -0.688. The van der Waals surface area contributed by atoms with Crippen LogP contribution in [0.5, 0.6) is 0 Å². The quantitative estimate of drug-likeness (QED) is 0.488. The van der Waals surface area contributed by atoms with Crippen LogP contribution in [0.25, 0.3) is 10.9 Å². The Bertz CT molecular complexity index is 1140. The van der Waals surface area contributed by atoms with Crippen LogP contribution in [0.1, 0.15) is 11.1 Å². The second-order valence-corrected chi connectivity index (χ2v) is 6.90. The summed E-state index contributed by atoms with van der Waals surface area (Å²) in [5, 5.41) is 8.79. The number of nitrogens with zero attached hydrogens (tertiary/aromatic N) is 4. The summed E-state index contributed by atoms with van der Waals surface area (Å²) < 4.78 is 4.57. The molecule has 4 rings (SSSR count). The highest BCUT2D eigenvalue weighted by atomic mass is 79.9. The molecule has 0 aliphatic heterocycles. The maximum Gasteiger partial charge on any atom is 0.277 e. The Morgan fingerprint density at radius 3 is 2.69 bits per heavy atom. The van der Waals surface area contributed by atoms with Crippen molar-refractivity contribution in [3.63, 3.8) is 0 Å². The summed E-state index contributed by atoms with van der Waals surface area (Å²) in [7, 11) is 0. The number of halogens is 1. The van der Waals surface area contributed by atoms with Gasteiger partial charge in [-0.1, -0.05) is 51.5 Å². The molecule has 0 aliphatic rings. The smallest absolute Gasteiger partial charge is 0.267 e. The highest BCUT2D eigenvalue weighted by Crippen LogP contribution is 2.15.